The van der Waals surface area contributed by atoms with Gasteiger partial charge in [-0.3, -0.25) is 9.69 Å². The number of aromatic nitrogens is 1. The van der Waals surface area contributed by atoms with Crippen molar-refractivity contribution in [3.63, 3.8) is 0 Å². The molecule has 1 amide bonds. The van der Waals surface area contributed by atoms with Crippen molar-refractivity contribution in [1.29, 1.82) is 0 Å². The Hall–Kier alpha value is -3.03. The Labute approximate surface area is 216 Å². The van der Waals surface area contributed by atoms with Gasteiger partial charge in [-0.25, -0.2) is 8.78 Å². The van der Waals surface area contributed by atoms with Gasteiger partial charge in [0.1, 0.15) is 11.6 Å². The largest absolute Gasteiger partial charge is 0.395 e. The second-order valence-corrected chi connectivity index (χ2v) is 10.5. The Morgan fingerprint density at radius 2 is 1.73 bits per heavy atom. The number of nitrogens with zero attached hydrogens (tertiary/aromatic N) is 2. The molecule has 2 saturated heterocycles. The van der Waals surface area contributed by atoms with Crippen molar-refractivity contribution in [3.05, 3.63) is 77.5 Å². The van der Waals surface area contributed by atoms with Crippen molar-refractivity contribution in [2.75, 3.05) is 32.8 Å². The molecule has 1 atom stereocenters. The summed E-state index contributed by atoms with van der Waals surface area (Å²) in [6.45, 7) is 3.44. The third kappa shape index (κ3) is 6.11. The molecule has 5 nitrogen and oxygen atoms in total. The minimum Gasteiger partial charge on any atom is -0.395 e. The molecule has 0 aliphatic carbocycles. The molecule has 1 aromatic heterocycles. The number of hydrogen-bond acceptors (Lipinski definition) is 3. The first-order valence-corrected chi connectivity index (χ1v) is 13.3. The number of fused-ring (bicyclic) bond motifs is 1. The van der Waals surface area contributed by atoms with Crippen LogP contribution in [0.15, 0.2) is 54.7 Å². The number of aliphatic hydroxyl groups is 1. The lowest BCUT2D eigenvalue weighted by molar-refractivity contribution is -0.127. The monoisotopic (exact) mass is 507 g/mol. The van der Waals surface area contributed by atoms with Crippen molar-refractivity contribution >= 4 is 22.9 Å². The molecule has 2 fully saturated rings. The molecule has 0 saturated carbocycles. The standard InChI is InChI=1S/C30H35F2N3O2/c31-24-15-22(16-25(32)18-24)5-6-30(37)35-11-7-21(8-12-35)17-26(20-36)34-13-9-23(10-14-34)28-19-33-29-4-2-1-3-27(28)29/h1-6,15-16,18-19,21,23,26,33,36H,7-14,17,20H2/b6-5+. The first kappa shape index (κ1) is 25.6. The van der Waals surface area contributed by atoms with E-state index >= 15 is 0 Å². The Morgan fingerprint density at radius 3 is 2.43 bits per heavy atom. The Balaban J connectivity index is 1.09. The maximum absolute atomic E-state index is 13.4. The number of amides is 1. The number of carbonyl (C=O) groups is 1. The van der Waals surface area contributed by atoms with E-state index in [1.165, 1.54) is 40.8 Å². The van der Waals surface area contributed by atoms with Crippen molar-refractivity contribution in [3.8, 4) is 0 Å². The van der Waals surface area contributed by atoms with Gasteiger partial charge in [0.25, 0.3) is 0 Å². The molecule has 3 heterocycles. The smallest absolute Gasteiger partial charge is 0.246 e. The minimum absolute atomic E-state index is 0.138. The predicted molar refractivity (Wildman–Crippen MR) is 142 cm³/mol. The van der Waals surface area contributed by atoms with Gasteiger partial charge in [-0.15, -0.1) is 0 Å². The molecule has 2 N–H and O–H groups in total. The molecular formula is C30H35F2N3O2. The zero-order valence-electron chi connectivity index (χ0n) is 21.1. The third-order valence-electron chi connectivity index (χ3n) is 8.15. The summed E-state index contributed by atoms with van der Waals surface area (Å²) in [5.74, 6) is -0.449. The lowest BCUT2D eigenvalue weighted by atomic mass is 9.86. The summed E-state index contributed by atoms with van der Waals surface area (Å²) in [5.41, 5.74) is 2.93. The number of H-pyrrole nitrogens is 1. The van der Waals surface area contributed by atoms with Gasteiger partial charge in [-0.2, -0.15) is 0 Å². The maximum atomic E-state index is 13.4. The van der Waals surface area contributed by atoms with Crippen LogP contribution >= 0.6 is 0 Å². The topological polar surface area (TPSA) is 59.6 Å². The van der Waals surface area contributed by atoms with E-state index in [0.29, 0.717) is 30.5 Å². The van der Waals surface area contributed by atoms with Gasteiger partial charge in [0.2, 0.25) is 5.91 Å². The highest BCUT2D eigenvalue weighted by Crippen LogP contribution is 2.34. The second-order valence-electron chi connectivity index (χ2n) is 10.5. The van der Waals surface area contributed by atoms with E-state index in [-0.39, 0.29) is 18.6 Å². The number of aliphatic hydroxyl groups excluding tert-OH is 1. The average Bonchev–Trinajstić information content (AvgIpc) is 3.35. The Morgan fingerprint density at radius 1 is 1.03 bits per heavy atom. The zero-order chi connectivity index (χ0) is 25.8. The highest BCUT2D eigenvalue weighted by Gasteiger charge is 2.30. The number of aromatic amines is 1. The molecule has 5 rings (SSSR count). The van der Waals surface area contributed by atoms with Crippen LogP contribution in [0.25, 0.3) is 17.0 Å². The van der Waals surface area contributed by atoms with Crippen LogP contribution in [0.3, 0.4) is 0 Å². The number of rotatable bonds is 7. The molecule has 2 aromatic carbocycles. The van der Waals surface area contributed by atoms with Gasteiger partial charge < -0.3 is 15.0 Å². The first-order chi connectivity index (χ1) is 18.0. The molecular weight excluding hydrogens is 472 g/mol. The number of carbonyl (C=O) groups excluding carboxylic acids is 1. The fourth-order valence-corrected chi connectivity index (χ4v) is 6.06. The average molecular weight is 508 g/mol. The molecule has 0 bridgehead atoms. The quantitative estimate of drug-likeness (QED) is 0.425. The fourth-order valence-electron chi connectivity index (χ4n) is 6.06. The van der Waals surface area contributed by atoms with E-state index in [4.69, 9.17) is 0 Å². The lowest BCUT2D eigenvalue weighted by Gasteiger charge is -2.39. The van der Waals surface area contributed by atoms with Gasteiger partial charge in [0.15, 0.2) is 0 Å². The molecule has 7 heteroatoms. The number of halogens is 2. The van der Waals surface area contributed by atoms with Crippen LogP contribution in [0.4, 0.5) is 8.78 Å². The summed E-state index contributed by atoms with van der Waals surface area (Å²) >= 11 is 0. The van der Waals surface area contributed by atoms with Crippen LogP contribution in [0.2, 0.25) is 0 Å². The Bertz CT molecular complexity index is 1220. The van der Waals surface area contributed by atoms with E-state index in [2.05, 4.69) is 40.3 Å². The summed E-state index contributed by atoms with van der Waals surface area (Å²) in [7, 11) is 0. The number of hydrogen-bond donors (Lipinski definition) is 2. The van der Waals surface area contributed by atoms with Gasteiger partial charge in [-0.1, -0.05) is 18.2 Å². The lowest BCUT2D eigenvalue weighted by Crippen LogP contribution is -2.45. The van der Waals surface area contributed by atoms with Crippen LogP contribution in [-0.2, 0) is 4.79 Å². The van der Waals surface area contributed by atoms with E-state index in [0.717, 1.165) is 51.3 Å². The third-order valence-corrected chi connectivity index (χ3v) is 8.15. The van der Waals surface area contributed by atoms with Crippen LogP contribution in [-0.4, -0.2) is 64.6 Å². The molecule has 196 valence electrons. The van der Waals surface area contributed by atoms with E-state index in [1.54, 1.807) is 4.90 Å². The van der Waals surface area contributed by atoms with Gasteiger partial charge in [0, 0.05) is 48.4 Å². The highest BCUT2D eigenvalue weighted by molar-refractivity contribution is 5.91. The second kappa shape index (κ2) is 11.6. The zero-order valence-corrected chi connectivity index (χ0v) is 21.1. The van der Waals surface area contributed by atoms with Gasteiger partial charge in [-0.05, 0) is 92.4 Å². The van der Waals surface area contributed by atoms with E-state index in [9.17, 15) is 18.7 Å². The summed E-state index contributed by atoms with van der Waals surface area (Å²) < 4.78 is 26.7. The fraction of sp³-hybridized carbons (Fsp3) is 0.433. The summed E-state index contributed by atoms with van der Waals surface area (Å²) in [6, 6.07) is 11.8. The van der Waals surface area contributed by atoms with E-state index < -0.39 is 11.6 Å². The van der Waals surface area contributed by atoms with Gasteiger partial charge >= 0.3 is 0 Å². The van der Waals surface area contributed by atoms with Crippen LogP contribution in [0.1, 0.15) is 49.1 Å². The Kier molecular flexibility index (Phi) is 8.01. The van der Waals surface area contributed by atoms with Crippen molar-refractivity contribution in [2.24, 2.45) is 5.92 Å². The molecule has 0 spiro atoms. The molecule has 3 aromatic rings. The molecule has 0 radical (unpaired) electrons. The number of para-hydroxylation sites is 1. The normalized spacial score (nSPS) is 19.2. The minimum atomic E-state index is -0.659. The number of nitrogens with one attached hydrogen (secondary N) is 1. The van der Waals surface area contributed by atoms with Gasteiger partial charge in [0.05, 0.1) is 6.61 Å². The number of likely N-dealkylation sites (tertiary alicyclic amines) is 2. The maximum Gasteiger partial charge on any atom is 0.246 e. The summed E-state index contributed by atoms with van der Waals surface area (Å²) in [6.07, 6.45) is 9.93. The first-order valence-electron chi connectivity index (χ1n) is 13.3. The van der Waals surface area contributed by atoms with Crippen molar-refractivity contribution in [2.45, 2.75) is 44.1 Å². The molecule has 1 unspecified atom stereocenters. The van der Waals surface area contributed by atoms with Crippen LogP contribution in [0.5, 0.6) is 0 Å². The van der Waals surface area contributed by atoms with Crippen molar-refractivity contribution < 1.29 is 18.7 Å². The molecule has 2 aliphatic rings. The van der Waals surface area contributed by atoms with Crippen molar-refractivity contribution in [1.82, 2.24) is 14.8 Å². The number of piperidine rings is 2. The number of benzene rings is 2. The molecule has 37 heavy (non-hydrogen) atoms. The predicted octanol–water partition coefficient (Wildman–Crippen LogP) is 5.33. The van der Waals surface area contributed by atoms with Crippen LogP contribution < -0.4 is 0 Å². The molecule has 2 aliphatic heterocycles. The van der Waals surface area contributed by atoms with E-state index in [1.807, 2.05) is 0 Å². The SMILES string of the molecule is O=C(/C=C/c1cc(F)cc(F)c1)N1CCC(CC(CO)N2CCC(c3c[nH]c4ccccc34)CC2)CC1. The summed E-state index contributed by atoms with van der Waals surface area (Å²) in [5, 5.41) is 11.5. The summed E-state index contributed by atoms with van der Waals surface area (Å²) in [4.78, 5) is 20.2. The highest BCUT2D eigenvalue weighted by atomic mass is 19.1. The van der Waals surface area contributed by atoms with Crippen LogP contribution in [0, 0.1) is 17.6 Å².